The molecule has 0 amide bonds. The first-order chi connectivity index (χ1) is 6.56. The Kier molecular flexibility index (Phi) is 6.80. The lowest BCUT2D eigenvalue weighted by Crippen LogP contribution is -2.13. The summed E-state index contributed by atoms with van der Waals surface area (Å²) in [6.07, 6.45) is 2.05. The van der Waals surface area contributed by atoms with Gasteiger partial charge in [-0.15, -0.1) is 0 Å². The Hall–Kier alpha value is -1.06. The van der Waals surface area contributed by atoms with Crippen LogP contribution in [0.2, 0.25) is 0 Å². The van der Waals surface area contributed by atoms with Gasteiger partial charge >= 0.3 is 11.9 Å². The second kappa shape index (κ2) is 7.35. The van der Waals surface area contributed by atoms with E-state index in [1.807, 2.05) is 6.92 Å². The average Bonchev–Trinajstić information content (AvgIpc) is 2.02. The lowest BCUT2D eigenvalue weighted by Gasteiger charge is -2.08. The summed E-state index contributed by atoms with van der Waals surface area (Å²) in [5.74, 6) is -1.33. The second-order valence-corrected chi connectivity index (χ2v) is 3.48. The molecule has 0 aliphatic heterocycles. The fourth-order valence-corrected chi connectivity index (χ4v) is 1.04. The number of carboxylic acids is 1. The molecular formula is C10H18O4. The molecule has 0 aliphatic carbocycles. The SMILES string of the molecule is CCCCOC(=O)C[C@H](C)CC(=O)O. The van der Waals surface area contributed by atoms with Gasteiger partial charge < -0.3 is 9.84 Å². The summed E-state index contributed by atoms with van der Waals surface area (Å²) in [4.78, 5) is 21.4. The molecule has 4 heteroatoms. The molecule has 0 aromatic rings. The highest BCUT2D eigenvalue weighted by Gasteiger charge is 2.13. The molecule has 1 N–H and O–H groups in total. The quantitative estimate of drug-likeness (QED) is 0.505. The summed E-state index contributed by atoms with van der Waals surface area (Å²) >= 11 is 0. The van der Waals surface area contributed by atoms with E-state index in [9.17, 15) is 9.59 Å². The lowest BCUT2D eigenvalue weighted by atomic mass is 10.0. The van der Waals surface area contributed by atoms with E-state index in [1.54, 1.807) is 6.92 Å². The van der Waals surface area contributed by atoms with Crippen molar-refractivity contribution in [1.29, 1.82) is 0 Å². The number of carbonyl (C=O) groups excluding carboxylic acids is 1. The van der Waals surface area contributed by atoms with Crippen molar-refractivity contribution in [3.63, 3.8) is 0 Å². The fourth-order valence-electron chi connectivity index (χ4n) is 1.04. The van der Waals surface area contributed by atoms with Gasteiger partial charge in [0.2, 0.25) is 0 Å². The topological polar surface area (TPSA) is 63.6 Å². The standard InChI is InChI=1S/C10H18O4/c1-3-4-5-14-10(13)7-8(2)6-9(11)12/h8H,3-7H2,1-2H3,(H,11,12)/t8-/m1/s1. The smallest absolute Gasteiger partial charge is 0.306 e. The van der Waals surface area contributed by atoms with Crippen LogP contribution in [0.3, 0.4) is 0 Å². The van der Waals surface area contributed by atoms with Crippen LogP contribution in [-0.4, -0.2) is 23.7 Å². The molecule has 82 valence electrons. The Morgan fingerprint density at radius 1 is 1.36 bits per heavy atom. The van der Waals surface area contributed by atoms with E-state index in [2.05, 4.69) is 0 Å². The molecule has 0 saturated carbocycles. The van der Waals surface area contributed by atoms with Crippen LogP contribution in [0.4, 0.5) is 0 Å². The first-order valence-corrected chi connectivity index (χ1v) is 4.93. The number of rotatable bonds is 7. The fraction of sp³-hybridized carbons (Fsp3) is 0.800. The molecule has 0 unspecified atom stereocenters. The van der Waals surface area contributed by atoms with Gasteiger partial charge in [0.15, 0.2) is 0 Å². The van der Waals surface area contributed by atoms with Crippen molar-refractivity contribution in [3.8, 4) is 0 Å². The van der Waals surface area contributed by atoms with Crippen molar-refractivity contribution >= 4 is 11.9 Å². The van der Waals surface area contributed by atoms with Crippen LogP contribution in [0.25, 0.3) is 0 Å². The Morgan fingerprint density at radius 3 is 2.50 bits per heavy atom. The van der Waals surface area contributed by atoms with E-state index in [1.165, 1.54) is 0 Å². The lowest BCUT2D eigenvalue weighted by molar-refractivity contribution is -0.145. The monoisotopic (exact) mass is 202 g/mol. The summed E-state index contributed by atoms with van der Waals surface area (Å²) in [6, 6.07) is 0. The number of esters is 1. The maximum atomic E-state index is 11.1. The van der Waals surface area contributed by atoms with Crippen LogP contribution < -0.4 is 0 Å². The first kappa shape index (κ1) is 12.9. The third kappa shape index (κ3) is 7.58. The third-order valence-corrected chi connectivity index (χ3v) is 1.80. The summed E-state index contributed by atoms with van der Waals surface area (Å²) < 4.78 is 4.90. The molecule has 0 aromatic heterocycles. The predicted octanol–water partition coefficient (Wildman–Crippen LogP) is 1.83. The van der Waals surface area contributed by atoms with Crippen molar-refractivity contribution in [2.24, 2.45) is 5.92 Å². The minimum Gasteiger partial charge on any atom is -0.481 e. The van der Waals surface area contributed by atoms with E-state index in [-0.39, 0.29) is 24.7 Å². The van der Waals surface area contributed by atoms with Gasteiger partial charge in [0.05, 0.1) is 6.61 Å². The maximum absolute atomic E-state index is 11.1. The third-order valence-electron chi connectivity index (χ3n) is 1.80. The Balaban J connectivity index is 3.55. The molecule has 0 saturated heterocycles. The van der Waals surface area contributed by atoms with Crippen LogP contribution in [0.5, 0.6) is 0 Å². The summed E-state index contributed by atoms with van der Waals surface area (Å²) in [6.45, 7) is 4.19. The highest BCUT2D eigenvalue weighted by molar-refractivity contribution is 5.72. The van der Waals surface area contributed by atoms with Crippen LogP contribution in [0, 0.1) is 5.92 Å². The minimum absolute atomic E-state index is 0.0167. The zero-order valence-electron chi connectivity index (χ0n) is 8.78. The van der Waals surface area contributed by atoms with Crippen molar-refractivity contribution in [3.05, 3.63) is 0 Å². The zero-order chi connectivity index (χ0) is 11.0. The molecule has 0 aromatic carbocycles. The number of carboxylic acid groups (broad SMARTS) is 1. The van der Waals surface area contributed by atoms with E-state index in [4.69, 9.17) is 9.84 Å². The van der Waals surface area contributed by atoms with Crippen molar-refractivity contribution in [2.45, 2.75) is 39.5 Å². The highest BCUT2D eigenvalue weighted by Crippen LogP contribution is 2.08. The predicted molar refractivity (Wildman–Crippen MR) is 51.9 cm³/mol. The number of aliphatic carboxylic acids is 1. The van der Waals surface area contributed by atoms with E-state index in [0.29, 0.717) is 6.61 Å². The minimum atomic E-state index is -0.876. The van der Waals surface area contributed by atoms with Gasteiger partial charge in [-0.3, -0.25) is 9.59 Å². The van der Waals surface area contributed by atoms with Gasteiger partial charge in [-0.2, -0.15) is 0 Å². The van der Waals surface area contributed by atoms with Crippen LogP contribution in [-0.2, 0) is 14.3 Å². The van der Waals surface area contributed by atoms with Gasteiger partial charge in [-0.05, 0) is 12.3 Å². The number of hydrogen-bond acceptors (Lipinski definition) is 3. The maximum Gasteiger partial charge on any atom is 0.306 e. The van der Waals surface area contributed by atoms with E-state index >= 15 is 0 Å². The summed E-state index contributed by atoms with van der Waals surface area (Å²) in [7, 11) is 0. The molecule has 0 spiro atoms. The normalized spacial score (nSPS) is 12.1. The molecule has 0 rings (SSSR count). The molecule has 0 heterocycles. The molecule has 0 bridgehead atoms. The van der Waals surface area contributed by atoms with Crippen LogP contribution >= 0.6 is 0 Å². The van der Waals surface area contributed by atoms with Gasteiger partial charge in [0, 0.05) is 12.8 Å². The second-order valence-electron chi connectivity index (χ2n) is 3.48. The van der Waals surface area contributed by atoms with E-state index < -0.39 is 5.97 Å². The Morgan fingerprint density at radius 2 is 2.00 bits per heavy atom. The van der Waals surface area contributed by atoms with Gasteiger partial charge in [-0.1, -0.05) is 20.3 Å². The van der Waals surface area contributed by atoms with Crippen LogP contribution in [0.15, 0.2) is 0 Å². The largest absolute Gasteiger partial charge is 0.481 e. The molecule has 14 heavy (non-hydrogen) atoms. The zero-order valence-corrected chi connectivity index (χ0v) is 8.78. The molecule has 1 atom stereocenters. The highest BCUT2D eigenvalue weighted by atomic mass is 16.5. The van der Waals surface area contributed by atoms with Gasteiger partial charge in [0.1, 0.15) is 0 Å². The molecule has 0 aliphatic rings. The summed E-state index contributed by atoms with van der Waals surface area (Å²) in [5, 5.41) is 8.46. The van der Waals surface area contributed by atoms with E-state index in [0.717, 1.165) is 12.8 Å². The number of ether oxygens (including phenoxy) is 1. The van der Waals surface area contributed by atoms with Gasteiger partial charge in [0.25, 0.3) is 0 Å². The summed E-state index contributed by atoms with van der Waals surface area (Å²) in [5.41, 5.74) is 0. The number of carbonyl (C=O) groups is 2. The first-order valence-electron chi connectivity index (χ1n) is 4.93. The molecular weight excluding hydrogens is 184 g/mol. The van der Waals surface area contributed by atoms with Crippen molar-refractivity contribution in [2.75, 3.05) is 6.61 Å². The van der Waals surface area contributed by atoms with Crippen molar-refractivity contribution in [1.82, 2.24) is 0 Å². The van der Waals surface area contributed by atoms with Crippen molar-refractivity contribution < 1.29 is 19.4 Å². The molecule has 4 nitrogen and oxygen atoms in total. The van der Waals surface area contributed by atoms with Crippen LogP contribution in [0.1, 0.15) is 39.5 Å². The number of hydrogen-bond donors (Lipinski definition) is 1. The average molecular weight is 202 g/mol. The number of unbranched alkanes of at least 4 members (excludes halogenated alkanes) is 1. The molecule has 0 radical (unpaired) electrons. The Labute approximate surface area is 84.3 Å². The van der Waals surface area contributed by atoms with Gasteiger partial charge in [-0.25, -0.2) is 0 Å². The molecule has 0 fully saturated rings. The Bertz CT molecular complexity index is 189.